The topological polar surface area (TPSA) is 78.9 Å². The Balaban J connectivity index is 0.00000676. The number of anilines is 2. The first-order valence-electron chi connectivity index (χ1n) is 8.79. The van der Waals surface area contributed by atoms with E-state index in [1.54, 1.807) is 13.8 Å². The molecular formula is C19H33N2NaO4Si. The number of aliphatic carboxylic acids is 1. The Bertz CT molecular complexity index is 658. The van der Waals surface area contributed by atoms with Crippen molar-refractivity contribution in [2.75, 3.05) is 30.9 Å². The van der Waals surface area contributed by atoms with Gasteiger partial charge in [-0.1, -0.05) is 25.7 Å². The summed E-state index contributed by atoms with van der Waals surface area (Å²) in [5.41, 5.74) is 1.34. The van der Waals surface area contributed by atoms with Crippen LogP contribution in [0.25, 0.3) is 0 Å². The fraction of sp³-hybridized carbons (Fsp3) is 0.579. The summed E-state index contributed by atoms with van der Waals surface area (Å²) in [6, 6.07) is 6.51. The monoisotopic (exact) mass is 404 g/mol. The van der Waals surface area contributed by atoms with E-state index < -0.39 is 25.6 Å². The van der Waals surface area contributed by atoms with Crippen molar-refractivity contribution in [3.8, 4) is 0 Å². The minimum atomic E-state index is -1.27. The third-order valence-electron chi connectivity index (χ3n) is 4.14. The van der Waals surface area contributed by atoms with Gasteiger partial charge in [-0.2, -0.15) is 0 Å². The van der Waals surface area contributed by atoms with E-state index in [9.17, 15) is 14.7 Å². The van der Waals surface area contributed by atoms with Crippen LogP contribution in [0.2, 0.25) is 25.7 Å². The Morgan fingerprint density at radius 3 is 2.30 bits per heavy atom. The summed E-state index contributed by atoms with van der Waals surface area (Å²) in [5.74, 6) is -0.877. The summed E-state index contributed by atoms with van der Waals surface area (Å²) in [4.78, 5) is 25.6. The minimum absolute atomic E-state index is 0. The van der Waals surface area contributed by atoms with E-state index in [1.165, 1.54) is 0 Å². The predicted octanol–water partition coefficient (Wildman–Crippen LogP) is 3.64. The second-order valence-electron chi connectivity index (χ2n) is 8.67. The summed E-state index contributed by atoms with van der Waals surface area (Å²) in [6.07, 6.45) is -0.200. The van der Waals surface area contributed by atoms with Crippen molar-refractivity contribution in [2.45, 2.75) is 46.0 Å². The van der Waals surface area contributed by atoms with Crippen LogP contribution in [-0.4, -0.2) is 75.5 Å². The molecule has 1 aromatic carbocycles. The number of benzene rings is 1. The Kier molecular flexibility index (Phi) is 10.1. The molecule has 0 heterocycles. The maximum atomic E-state index is 12.2. The van der Waals surface area contributed by atoms with Crippen LogP contribution in [0.4, 0.5) is 16.2 Å². The average molecular weight is 405 g/mol. The molecule has 6 nitrogen and oxygen atoms in total. The predicted molar refractivity (Wildman–Crippen MR) is 116 cm³/mol. The van der Waals surface area contributed by atoms with E-state index in [4.69, 9.17) is 4.74 Å². The van der Waals surface area contributed by atoms with Gasteiger partial charge in [0.1, 0.15) is 0 Å². The normalized spacial score (nSPS) is 11.4. The number of carboxylic acids is 1. The van der Waals surface area contributed by atoms with Crippen LogP contribution in [-0.2, 0) is 16.0 Å². The number of carbonyl (C=O) groups excluding carboxylic acids is 1. The van der Waals surface area contributed by atoms with Crippen LogP contribution < -0.4 is 10.2 Å². The number of nitrogens with zero attached hydrogens (tertiary/aromatic N) is 1. The molecular weight excluding hydrogens is 371 g/mol. The summed E-state index contributed by atoms with van der Waals surface area (Å²) in [7, 11) is 2.55. The summed E-state index contributed by atoms with van der Waals surface area (Å²) >= 11 is 0. The molecule has 0 aliphatic carbocycles. The van der Waals surface area contributed by atoms with Crippen molar-refractivity contribution >= 4 is 61.1 Å². The summed E-state index contributed by atoms with van der Waals surface area (Å²) < 4.78 is 5.31. The molecule has 1 amide bonds. The van der Waals surface area contributed by atoms with Gasteiger partial charge < -0.3 is 14.7 Å². The van der Waals surface area contributed by atoms with Gasteiger partial charge in [0, 0.05) is 33.5 Å². The SMILES string of the molecule is CN(C)c1ccc(CC(C)(C)C(=O)O)c(NC(=O)OCC[Si](C)(C)C)c1.[NaH]. The number of hydrogen-bond donors (Lipinski definition) is 2. The first kappa shape index (κ1) is 26.0. The molecule has 2 N–H and O–H groups in total. The van der Waals surface area contributed by atoms with Crippen molar-refractivity contribution in [3.05, 3.63) is 23.8 Å². The van der Waals surface area contributed by atoms with E-state index >= 15 is 0 Å². The summed E-state index contributed by atoms with van der Waals surface area (Å²) in [5, 5.41) is 12.2. The molecule has 0 radical (unpaired) electrons. The number of carbonyl (C=O) groups is 2. The zero-order chi connectivity index (χ0) is 20.1. The third-order valence-corrected chi connectivity index (χ3v) is 5.85. The maximum absolute atomic E-state index is 12.2. The van der Waals surface area contributed by atoms with Gasteiger partial charge >= 0.3 is 41.6 Å². The number of hydrogen-bond acceptors (Lipinski definition) is 4. The first-order valence-corrected chi connectivity index (χ1v) is 12.5. The molecule has 0 aliphatic heterocycles. The molecule has 0 bridgehead atoms. The van der Waals surface area contributed by atoms with Crippen LogP contribution in [0.1, 0.15) is 19.4 Å². The molecule has 0 aliphatic rings. The molecule has 0 saturated heterocycles. The van der Waals surface area contributed by atoms with Gasteiger partial charge in [-0.15, -0.1) is 0 Å². The number of amides is 1. The summed E-state index contributed by atoms with van der Waals surface area (Å²) in [6.45, 7) is 10.4. The van der Waals surface area contributed by atoms with Crippen molar-refractivity contribution in [1.29, 1.82) is 0 Å². The van der Waals surface area contributed by atoms with Gasteiger partial charge in [0.2, 0.25) is 0 Å². The van der Waals surface area contributed by atoms with E-state index in [1.807, 2.05) is 37.2 Å². The Labute approximate surface area is 186 Å². The van der Waals surface area contributed by atoms with Gasteiger partial charge in [-0.25, -0.2) is 4.79 Å². The van der Waals surface area contributed by atoms with Crippen molar-refractivity contribution < 1.29 is 19.4 Å². The van der Waals surface area contributed by atoms with Crippen molar-refractivity contribution in [1.82, 2.24) is 0 Å². The van der Waals surface area contributed by atoms with Gasteiger partial charge in [0.15, 0.2) is 0 Å². The van der Waals surface area contributed by atoms with Crippen LogP contribution in [0.15, 0.2) is 18.2 Å². The second-order valence-corrected chi connectivity index (χ2v) is 14.3. The standard InChI is InChI=1S/C19H32N2O4Si.Na.H/c1-19(2,17(22)23)13-14-8-9-15(21(3)4)12-16(14)20-18(24)25-10-11-26(5,6)7;;/h8-9,12H,10-11,13H2,1-7H3,(H,20,24)(H,22,23);;. The van der Waals surface area contributed by atoms with E-state index in [2.05, 4.69) is 25.0 Å². The molecule has 148 valence electrons. The Hall–Kier alpha value is -1.02. The molecule has 27 heavy (non-hydrogen) atoms. The zero-order valence-electron chi connectivity index (χ0n) is 17.0. The van der Waals surface area contributed by atoms with Crippen LogP contribution in [0.3, 0.4) is 0 Å². The molecule has 0 spiro atoms. The molecule has 1 rings (SSSR count). The zero-order valence-corrected chi connectivity index (χ0v) is 18.0. The molecule has 0 atom stereocenters. The Morgan fingerprint density at radius 2 is 1.81 bits per heavy atom. The molecule has 0 unspecified atom stereocenters. The number of carboxylic acid groups (broad SMARTS) is 1. The number of ether oxygens (including phenoxy) is 1. The fourth-order valence-corrected chi connectivity index (χ4v) is 2.98. The van der Waals surface area contributed by atoms with Crippen LogP contribution in [0.5, 0.6) is 0 Å². The van der Waals surface area contributed by atoms with Crippen LogP contribution >= 0.6 is 0 Å². The molecule has 0 fully saturated rings. The molecule has 0 saturated carbocycles. The molecule has 8 heteroatoms. The second kappa shape index (κ2) is 10.5. The first-order chi connectivity index (χ1) is 11.8. The van der Waals surface area contributed by atoms with Gasteiger partial charge in [-0.05, 0) is 44.0 Å². The molecule has 1 aromatic rings. The Morgan fingerprint density at radius 1 is 1.22 bits per heavy atom. The van der Waals surface area contributed by atoms with E-state index in [0.29, 0.717) is 18.7 Å². The van der Waals surface area contributed by atoms with Crippen molar-refractivity contribution in [3.63, 3.8) is 0 Å². The van der Waals surface area contributed by atoms with Gasteiger partial charge in [-0.3, -0.25) is 10.1 Å². The van der Waals surface area contributed by atoms with E-state index in [-0.39, 0.29) is 29.6 Å². The quantitative estimate of drug-likeness (QED) is 0.647. The number of nitrogens with one attached hydrogen (secondary N) is 1. The van der Waals surface area contributed by atoms with Gasteiger partial charge in [0.25, 0.3) is 0 Å². The molecule has 0 aromatic heterocycles. The average Bonchev–Trinajstić information content (AvgIpc) is 2.47. The fourth-order valence-electron chi connectivity index (χ4n) is 2.26. The van der Waals surface area contributed by atoms with Gasteiger partial charge in [0.05, 0.1) is 12.0 Å². The third kappa shape index (κ3) is 9.14. The van der Waals surface area contributed by atoms with E-state index in [0.717, 1.165) is 17.3 Å². The number of rotatable bonds is 8. The van der Waals surface area contributed by atoms with Crippen LogP contribution in [0, 0.1) is 5.41 Å². The van der Waals surface area contributed by atoms with Crippen molar-refractivity contribution in [2.24, 2.45) is 5.41 Å².